The smallest absolute Gasteiger partial charge is 0.338 e. The van der Waals surface area contributed by atoms with E-state index in [0.717, 1.165) is 25.9 Å². The molecule has 0 bridgehead atoms. The molecule has 0 unspecified atom stereocenters. The molecule has 122 valence electrons. The molecule has 0 spiro atoms. The van der Waals surface area contributed by atoms with E-state index in [9.17, 15) is 14.9 Å². The first-order chi connectivity index (χ1) is 11.1. The third kappa shape index (κ3) is 3.05. The van der Waals surface area contributed by atoms with Crippen molar-refractivity contribution in [2.75, 3.05) is 20.2 Å². The molecular formula is C16H18N2O5. The predicted octanol–water partition coefficient (Wildman–Crippen LogP) is 2.36. The first-order valence-corrected chi connectivity index (χ1v) is 7.59. The Balaban J connectivity index is 1.98. The number of hydrogen-bond acceptors (Lipinski definition) is 6. The van der Waals surface area contributed by atoms with Crippen molar-refractivity contribution >= 4 is 17.7 Å². The first kappa shape index (κ1) is 15.5. The normalized spacial score (nSPS) is 20.9. The molecule has 1 aromatic rings. The van der Waals surface area contributed by atoms with Crippen LogP contribution in [-0.2, 0) is 9.53 Å². The Hall–Kier alpha value is -2.41. The molecule has 2 heterocycles. The zero-order valence-electron chi connectivity index (χ0n) is 12.9. The molecule has 1 aromatic carbocycles. The number of hydrogen-bond donors (Lipinski definition) is 0. The average molecular weight is 318 g/mol. The van der Waals surface area contributed by atoms with E-state index < -0.39 is 17.1 Å². The number of fused-ring (bicyclic) bond motifs is 1. The van der Waals surface area contributed by atoms with E-state index in [0.29, 0.717) is 16.9 Å². The van der Waals surface area contributed by atoms with Gasteiger partial charge in [-0.25, -0.2) is 4.79 Å². The molecule has 1 atom stereocenters. The Morgan fingerprint density at radius 3 is 2.74 bits per heavy atom. The van der Waals surface area contributed by atoms with E-state index in [1.54, 1.807) is 12.1 Å². The second-order valence-corrected chi connectivity index (χ2v) is 5.64. The summed E-state index contributed by atoms with van der Waals surface area (Å²) < 4.78 is 10.8. The van der Waals surface area contributed by atoms with Crippen LogP contribution < -0.4 is 4.74 Å². The van der Waals surface area contributed by atoms with Gasteiger partial charge in [0.1, 0.15) is 5.75 Å². The second-order valence-electron chi connectivity index (χ2n) is 5.64. The molecule has 0 aliphatic carbocycles. The van der Waals surface area contributed by atoms with Crippen LogP contribution in [0.5, 0.6) is 5.75 Å². The maximum absolute atomic E-state index is 12.1. The highest BCUT2D eigenvalue weighted by molar-refractivity contribution is 5.96. The molecule has 23 heavy (non-hydrogen) atoms. The molecule has 0 radical (unpaired) electrons. The molecule has 0 N–H and O–H groups in total. The first-order valence-electron chi connectivity index (χ1n) is 7.59. The maximum Gasteiger partial charge on any atom is 0.338 e. The summed E-state index contributed by atoms with van der Waals surface area (Å²) >= 11 is 0. The van der Waals surface area contributed by atoms with Crippen LogP contribution in [0.1, 0.15) is 24.8 Å². The van der Waals surface area contributed by atoms with Gasteiger partial charge in [0, 0.05) is 30.8 Å². The highest BCUT2D eigenvalue weighted by atomic mass is 16.6. The van der Waals surface area contributed by atoms with Gasteiger partial charge in [-0.1, -0.05) is 6.42 Å². The Bertz CT molecular complexity index is 664. The van der Waals surface area contributed by atoms with Crippen molar-refractivity contribution in [3.63, 3.8) is 0 Å². The van der Waals surface area contributed by atoms with Crippen LogP contribution in [0.4, 0.5) is 5.69 Å². The van der Waals surface area contributed by atoms with Crippen LogP contribution in [0.2, 0.25) is 0 Å². The number of nitro groups is 1. The molecule has 0 amide bonds. The molecule has 2 aliphatic rings. The number of nitrogens with zero attached hydrogens (tertiary/aromatic N) is 2. The lowest BCUT2D eigenvalue weighted by Gasteiger charge is -2.37. The number of ether oxygens (including phenoxy) is 2. The van der Waals surface area contributed by atoms with Gasteiger partial charge in [0.15, 0.2) is 6.23 Å². The van der Waals surface area contributed by atoms with Gasteiger partial charge in [0.2, 0.25) is 0 Å². The number of esters is 1. The lowest BCUT2D eigenvalue weighted by atomic mass is 10.0. The van der Waals surface area contributed by atoms with E-state index in [2.05, 4.69) is 4.90 Å². The Morgan fingerprint density at radius 2 is 2.09 bits per heavy atom. The zero-order valence-corrected chi connectivity index (χ0v) is 12.9. The van der Waals surface area contributed by atoms with E-state index in [1.165, 1.54) is 25.7 Å². The van der Waals surface area contributed by atoms with Gasteiger partial charge in [-0.05, 0) is 25.0 Å². The van der Waals surface area contributed by atoms with Crippen molar-refractivity contribution in [2.24, 2.45) is 0 Å². The second kappa shape index (κ2) is 6.37. The fourth-order valence-electron chi connectivity index (χ4n) is 2.99. The highest BCUT2D eigenvalue weighted by Gasteiger charge is 2.34. The number of benzene rings is 1. The number of carbonyl (C=O) groups excluding carboxylic acids is 1. The van der Waals surface area contributed by atoms with E-state index >= 15 is 0 Å². The van der Waals surface area contributed by atoms with Crippen LogP contribution in [0.3, 0.4) is 0 Å². The highest BCUT2D eigenvalue weighted by Crippen LogP contribution is 2.34. The molecule has 1 saturated heterocycles. The van der Waals surface area contributed by atoms with Crippen molar-refractivity contribution in [1.82, 2.24) is 4.90 Å². The third-order valence-corrected chi connectivity index (χ3v) is 4.16. The fourth-order valence-corrected chi connectivity index (χ4v) is 2.99. The van der Waals surface area contributed by atoms with Gasteiger partial charge in [-0.3, -0.25) is 15.0 Å². The fraction of sp³-hybridized carbons (Fsp3) is 0.438. The molecule has 2 aliphatic heterocycles. The standard InChI is InChI=1S/C16H18N2O5/c1-22-16(19)13-10-11-9-12(18(20)21)5-6-14(11)23-15(13)17-7-3-2-4-8-17/h5-6,9-10,15H,2-4,7-8H2,1H3/t15-/m0/s1. The van der Waals surface area contributed by atoms with Gasteiger partial charge in [0.05, 0.1) is 17.6 Å². The van der Waals surface area contributed by atoms with E-state index in [1.807, 2.05) is 0 Å². The Kier molecular flexibility index (Phi) is 4.29. The lowest BCUT2D eigenvalue weighted by molar-refractivity contribution is -0.384. The van der Waals surface area contributed by atoms with Crippen molar-refractivity contribution in [2.45, 2.75) is 25.5 Å². The van der Waals surface area contributed by atoms with Gasteiger partial charge >= 0.3 is 5.97 Å². The summed E-state index contributed by atoms with van der Waals surface area (Å²) in [5, 5.41) is 10.9. The van der Waals surface area contributed by atoms with Crippen LogP contribution in [0, 0.1) is 10.1 Å². The van der Waals surface area contributed by atoms with E-state index in [-0.39, 0.29) is 5.69 Å². The number of likely N-dealkylation sites (tertiary alicyclic amines) is 1. The number of non-ortho nitro benzene ring substituents is 1. The monoisotopic (exact) mass is 318 g/mol. The molecule has 0 saturated carbocycles. The van der Waals surface area contributed by atoms with Gasteiger partial charge < -0.3 is 9.47 Å². The van der Waals surface area contributed by atoms with Crippen LogP contribution >= 0.6 is 0 Å². The molecular weight excluding hydrogens is 300 g/mol. The number of nitro benzene ring substituents is 1. The third-order valence-electron chi connectivity index (χ3n) is 4.16. The quantitative estimate of drug-likeness (QED) is 0.483. The topological polar surface area (TPSA) is 81.9 Å². The number of methoxy groups -OCH3 is 1. The number of rotatable bonds is 3. The minimum atomic E-state index is -0.503. The molecule has 0 aromatic heterocycles. The maximum atomic E-state index is 12.1. The van der Waals surface area contributed by atoms with E-state index in [4.69, 9.17) is 9.47 Å². The number of carbonyl (C=O) groups is 1. The zero-order chi connectivity index (χ0) is 16.4. The summed E-state index contributed by atoms with van der Waals surface area (Å²) in [7, 11) is 1.32. The van der Waals surface area contributed by atoms with Crippen molar-refractivity contribution < 1.29 is 19.2 Å². The van der Waals surface area contributed by atoms with Crippen molar-refractivity contribution in [1.29, 1.82) is 0 Å². The van der Waals surface area contributed by atoms with Crippen molar-refractivity contribution in [3.8, 4) is 5.75 Å². The van der Waals surface area contributed by atoms with Gasteiger partial charge in [0.25, 0.3) is 5.69 Å². The summed E-state index contributed by atoms with van der Waals surface area (Å²) in [6.45, 7) is 1.70. The minimum absolute atomic E-state index is 0.0377. The molecule has 1 fully saturated rings. The lowest BCUT2D eigenvalue weighted by Crippen LogP contribution is -2.46. The van der Waals surface area contributed by atoms with Crippen LogP contribution in [-0.4, -0.2) is 42.2 Å². The molecule has 7 heteroatoms. The summed E-state index contributed by atoms with van der Waals surface area (Å²) in [6.07, 6.45) is 4.42. The van der Waals surface area contributed by atoms with Gasteiger partial charge in [-0.2, -0.15) is 0 Å². The largest absolute Gasteiger partial charge is 0.470 e. The summed E-state index contributed by atoms with van der Waals surface area (Å²) in [4.78, 5) is 24.7. The van der Waals surface area contributed by atoms with Crippen LogP contribution in [0.15, 0.2) is 23.8 Å². The summed E-state index contributed by atoms with van der Waals surface area (Å²) in [5.41, 5.74) is 0.861. The molecule has 3 rings (SSSR count). The minimum Gasteiger partial charge on any atom is -0.470 e. The molecule has 7 nitrogen and oxygen atoms in total. The van der Waals surface area contributed by atoms with Crippen LogP contribution in [0.25, 0.3) is 6.08 Å². The Labute approximate surface area is 133 Å². The number of piperidine rings is 1. The predicted molar refractivity (Wildman–Crippen MR) is 82.9 cm³/mol. The van der Waals surface area contributed by atoms with Gasteiger partial charge in [-0.15, -0.1) is 0 Å². The Morgan fingerprint density at radius 1 is 1.35 bits per heavy atom. The average Bonchev–Trinajstić information content (AvgIpc) is 2.60. The van der Waals surface area contributed by atoms with Crippen molar-refractivity contribution in [3.05, 3.63) is 39.4 Å². The summed E-state index contributed by atoms with van der Waals surface area (Å²) in [5.74, 6) is 0.0663. The SMILES string of the molecule is COC(=O)C1=Cc2cc([N+](=O)[O-])ccc2O[C@@H]1N1CCCCC1. The summed E-state index contributed by atoms with van der Waals surface area (Å²) in [6, 6.07) is 4.39.